The van der Waals surface area contributed by atoms with E-state index in [0.29, 0.717) is 28.1 Å². The molecule has 35 heavy (non-hydrogen) atoms. The Morgan fingerprint density at radius 3 is 2.34 bits per heavy atom. The first-order valence-electron chi connectivity index (χ1n) is 11.1. The molecule has 0 spiro atoms. The van der Waals surface area contributed by atoms with Crippen molar-refractivity contribution in [1.82, 2.24) is 9.88 Å². The summed E-state index contributed by atoms with van der Waals surface area (Å²) in [5.74, 6) is -1.26. The van der Waals surface area contributed by atoms with Crippen molar-refractivity contribution in [2.45, 2.75) is 26.7 Å². The van der Waals surface area contributed by atoms with E-state index in [2.05, 4.69) is 5.32 Å². The number of rotatable bonds is 4. The standard InChI is InChI=1S/C27H23N3O5/c1-14-13-21(16(3)29(14)17-9-11-18(12-10-17)30(33)34)23-22(27(32)35-4)15(2)28-25-19-7-5-6-8-20(19)26(31)24(23)25/h5-13,23,28H,1-4H3/t23-/m0/s1. The Kier molecular flexibility index (Phi) is 5.16. The van der Waals surface area contributed by atoms with Crippen molar-refractivity contribution in [3.05, 3.63) is 110 Å². The average Bonchev–Trinajstić information content (AvgIpc) is 3.30. The largest absolute Gasteiger partial charge is 0.466 e. The fraction of sp³-hybridized carbons (Fsp3) is 0.185. The molecule has 1 aliphatic carbocycles. The lowest BCUT2D eigenvalue weighted by Gasteiger charge is -2.29. The Morgan fingerprint density at radius 1 is 1.06 bits per heavy atom. The zero-order valence-corrected chi connectivity index (χ0v) is 19.7. The van der Waals surface area contributed by atoms with Gasteiger partial charge in [0, 0.05) is 51.6 Å². The van der Waals surface area contributed by atoms with E-state index in [9.17, 15) is 19.7 Å². The van der Waals surface area contributed by atoms with E-state index in [0.717, 1.165) is 28.2 Å². The summed E-state index contributed by atoms with van der Waals surface area (Å²) in [6, 6.07) is 15.7. The van der Waals surface area contributed by atoms with Crippen molar-refractivity contribution in [3.8, 4) is 5.69 Å². The van der Waals surface area contributed by atoms with Crippen LogP contribution in [-0.4, -0.2) is 28.4 Å². The SMILES string of the molecule is COC(=O)C1=C(C)NC2=C(C(=O)c3ccccc32)[C@H]1c1cc(C)n(-c2ccc([N+](=O)[O-])cc2)c1C. The smallest absolute Gasteiger partial charge is 0.336 e. The first-order chi connectivity index (χ1) is 16.7. The summed E-state index contributed by atoms with van der Waals surface area (Å²) in [6.45, 7) is 5.65. The molecule has 176 valence electrons. The number of hydrogen-bond donors (Lipinski definition) is 1. The van der Waals surface area contributed by atoms with Gasteiger partial charge in [-0.2, -0.15) is 0 Å². The first kappa shape index (κ1) is 22.3. The van der Waals surface area contributed by atoms with Gasteiger partial charge in [-0.25, -0.2) is 4.79 Å². The van der Waals surface area contributed by atoms with Crippen molar-refractivity contribution >= 4 is 23.1 Å². The van der Waals surface area contributed by atoms with Crippen molar-refractivity contribution < 1.29 is 19.2 Å². The number of esters is 1. The molecule has 0 amide bonds. The molecular formula is C27H23N3O5. The van der Waals surface area contributed by atoms with E-state index in [4.69, 9.17) is 4.74 Å². The minimum Gasteiger partial charge on any atom is -0.466 e. The highest BCUT2D eigenvalue weighted by atomic mass is 16.6. The quantitative estimate of drug-likeness (QED) is 0.336. The van der Waals surface area contributed by atoms with Gasteiger partial charge in [0.2, 0.25) is 0 Å². The van der Waals surface area contributed by atoms with E-state index in [1.54, 1.807) is 18.2 Å². The van der Waals surface area contributed by atoms with E-state index >= 15 is 0 Å². The molecule has 0 bridgehead atoms. The lowest BCUT2D eigenvalue weighted by Crippen LogP contribution is -2.29. The molecule has 8 heteroatoms. The molecule has 3 aromatic rings. The van der Waals surface area contributed by atoms with Crippen LogP contribution in [0.1, 0.15) is 45.7 Å². The summed E-state index contributed by atoms with van der Waals surface area (Å²) < 4.78 is 7.10. The summed E-state index contributed by atoms with van der Waals surface area (Å²) in [7, 11) is 1.33. The number of aromatic nitrogens is 1. The number of nitrogens with one attached hydrogen (secondary N) is 1. The van der Waals surface area contributed by atoms with Gasteiger partial charge in [0.1, 0.15) is 0 Å². The van der Waals surface area contributed by atoms with Gasteiger partial charge in [0.25, 0.3) is 5.69 Å². The van der Waals surface area contributed by atoms with E-state index in [1.165, 1.54) is 19.2 Å². The van der Waals surface area contributed by atoms with Gasteiger partial charge in [0.15, 0.2) is 5.78 Å². The van der Waals surface area contributed by atoms with Crippen molar-refractivity contribution in [2.75, 3.05) is 7.11 Å². The van der Waals surface area contributed by atoms with Crippen LogP contribution in [0.2, 0.25) is 0 Å². The number of carbonyl (C=O) groups excluding carboxylic acids is 2. The highest BCUT2D eigenvalue weighted by molar-refractivity contribution is 6.23. The van der Waals surface area contributed by atoms with E-state index < -0.39 is 16.8 Å². The van der Waals surface area contributed by atoms with Crippen LogP contribution in [0.25, 0.3) is 11.4 Å². The van der Waals surface area contributed by atoms with Crippen molar-refractivity contribution in [2.24, 2.45) is 0 Å². The second kappa shape index (κ2) is 8.09. The van der Waals surface area contributed by atoms with Gasteiger partial charge in [-0.05, 0) is 44.5 Å². The van der Waals surface area contributed by atoms with Crippen LogP contribution in [0.15, 0.2) is 71.4 Å². The van der Waals surface area contributed by atoms with Crippen LogP contribution in [0.3, 0.4) is 0 Å². The Bertz CT molecular complexity index is 1490. The molecule has 1 aliphatic heterocycles. The normalized spacial score (nSPS) is 16.7. The predicted molar refractivity (Wildman–Crippen MR) is 130 cm³/mol. The molecule has 1 atom stereocenters. The number of aryl methyl sites for hydroxylation is 1. The second-order valence-electron chi connectivity index (χ2n) is 8.69. The Hall–Kier alpha value is -4.46. The molecule has 5 rings (SSSR count). The number of nitrogens with zero attached hydrogens (tertiary/aromatic N) is 2. The predicted octanol–water partition coefficient (Wildman–Crippen LogP) is 4.74. The summed E-state index contributed by atoms with van der Waals surface area (Å²) in [6.07, 6.45) is 0. The number of hydrogen-bond acceptors (Lipinski definition) is 6. The van der Waals surface area contributed by atoms with Crippen molar-refractivity contribution in [3.63, 3.8) is 0 Å². The number of dihydropyridines is 1. The fourth-order valence-electron chi connectivity index (χ4n) is 5.22. The molecule has 2 aliphatic rings. The van der Waals surface area contributed by atoms with Crippen LogP contribution in [0.5, 0.6) is 0 Å². The summed E-state index contributed by atoms with van der Waals surface area (Å²) >= 11 is 0. The Balaban J connectivity index is 1.71. The maximum atomic E-state index is 13.6. The number of fused-ring (bicyclic) bond motifs is 2. The number of carbonyl (C=O) groups is 2. The molecule has 8 nitrogen and oxygen atoms in total. The van der Waals surface area contributed by atoms with Crippen LogP contribution in [0, 0.1) is 24.0 Å². The second-order valence-corrected chi connectivity index (χ2v) is 8.69. The number of allylic oxidation sites excluding steroid dienone is 2. The first-order valence-corrected chi connectivity index (χ1v) is 11.1. The summed E-state index contributed by atoms with van der Waals surface area (Å²) in [5, 5.41) is 14.4. The number of Topliss-reactive ketones (excluding diaryl/α,β-unsaturated/α-hetero) is 1. The van der Waals surface area contributed by atoms with Crippen LogP contribution >= 0.6 is 0 Å². The number of ketones is 1. The third-order valence-electron chi connectivity index (χ3n) is 6.75. The number of methoxy groups -OCH3 is 1. The molecule has 0 saturated heterocycles. The zero-order chi connectivity index (χ0) is 25.0. The third-order valence-corrected chi connectivity index (χ3v) is 6.75. The molecular weight excluding hydrogens is 446 g/mol. The maximum Gasteiger partial charge on any atom is 0.336 e. The number of nitro benzene ring substituents is 1. The molecule has 2 heterocycles. The van der Waals surface area contributed by atoms with Crippen LogP contribution < -0.4 is 5.32 Å². The molecule has 0 saturated carbocycles. The van der Waals surface area contributed by atoms with Gasteiger partial charge in [-0.1, -0.05) is 24.3 Å². The molecule has 1 aromatic heterocycles. The molecule has 0 unspecified atom stereocenters. The lowest BCUT2D eigenvalue weighted by atomic mass is 9.79. The monoisotopic (exact) mass is 469 g/mol. The van der Waals surface area contributed by atoms with Gasteiger partial charge in [-0.15, -0.1) is 0 Å². The van der Waals surface area contributed by atoms with Crippen molar-refractivity contribution in [1.29, 1.82) is 0 Å². The number of ether oxygens (including phenoxy) is 1. The van der Waals surface area contributed by atoms with E-state index in [1.807, 2.05) is 49.6 Å². The number of non-ortho nitro benzene ring substituents is 1. The molecule has 0 fully saturated rings. The van der Waals surface area contributed by atoms with Crippen LogP contribution in [-0.2, 0) is 9.53 Å². The highest BCUT2D eigenvalue weighted by Gasteiger charge is 2.43. The van der Waals surface area contributed by atoms with E-state index in [-0.39, 0.29) is 11.5 Å². The van der Waals surface area contributed by atoms with Gasteiger partial charge >= 0.3 is 5.97 Å². The minimum absolute atomic E-state index is 0.00504. The minimum atomic E-state index is -0.628. The van der Waals surface area contributed by atoms with Gasteiger partial charge in [-0.3, -0.25) is 14.9 Å². The average molecular weight is 469 g/mol. The van der Waals surface area contributed by atoms with Crippen LogP contribution in [0.4, 0.5) is 5.69 Å². The summed E-state index contributed by atoms with van der Waals surface area (Å²) in [4.78, 5) is 37.2. The molecule has 1 N–H and O–H groups in total. The zero-order valence-electron chi connectivity index (χ0n) is 19.7. The Morgan fingerprint density at radius 2 is 1.71 bits per heavy atom. The molecule has 0 radical (unpaired) electrons. The molecule has 2 aromatic carbocycles. The fourth-order valence-corrected chi connectivity index (χ4v) is 5.22. The highest BCUT2D eigenvalue weighted by Crippen LogP contribution is 2.48. The van der Waals surface area contributed by atoms with Gasteiger partial charge < -0.3 is 14.6 Å². The number of nitro groups is 1. The lowest BCUT2D eigenvalue weighted by molar-refractivity contribution is -0.384. The Labute approximate surface area is 201 Å². The topological polar surface area (TPSA) is 103 Å². The summed E-state index contributed by atoms with van der Waals surface area (Å²) in [5.41, 5.74) is 6.90. The number of benzene rings is 2. The third kappa shape index (κ3) is 3.29. The van der Waals surface area contributed by atoms with Gasteiger partial charge in [0.05, 0.1) is 29.2 Å². The maximum absolute atomic E-state index is 13.6.